The van der Waals surface area contributed by atoms with Gasteiger partial charge >= 0.3 is 0 Å². The number of rotatable bonds is 2. The number of carbonyl (C=O) groups is 1. The van der Waals surface area contributed by atoms with E-state index in [-0.39, 0.29) is 23.3 Å². The van der Waals surface area contributed by atoms with Crippen molar-refractivity contribution in [1.82, 2.24) is 0 Å². The van der Waals surface area contributed by atoms with E-state index >= 15 is 0 Å². The lowest BCUT2D eigenvalue weighted by Crippen LogP contribution is -2.81. The number of amides is 1. The second-order valence-electron chi connectivity index (χ2n) is 6.59. The Bertz CT molecular complexity index is 558. The number of hydrogen-bond donors (Lipinski definition) is 2. The SMILES string of the molecule is CC1(C)C2OCCCC2C1(N)C(=O)Nc1ccc(Br)cc1. The highest BCUT2D eigenvalue weighted by Crippen LogP contribution is 2.57. The standard InChI is InChI=1S/C16H21BrN2O2/c1-15(2)13-12(4-3-9-21-13)16(15,18)14(20)19-11-7-5-10(17)6-8-11/h5-8,12-13H,3-4,9,18H2,1-2H3,(H,19,20). The van der Waals surface area contributed by atoms with E-state index in [0.29, 0.717) is 0 Å². The molecule has 1 aromatic rings. The Balaban J connectivity index is 1.81. The third kappa shape index (κ3) is 2.14. The first-order valence-electron chi connectivity index (χ1n) is 7.35. The molecule has 21 heavy (non-hydrogen) atoms. The number of hydrogen-bond acceptors (Lipinski definition) is 3. The fraction of sp³-hybridized carbons (Fsp3) is 0.562. The molecule has 1 aromatic carbocycles. The summed E-state index contributed by atoms with van der Waals surface area (Å²) in [5.74, 6) is -0.00160. The lowest BCUT2D eigenvalue weighted by molar-refractivity contribution is -0.222. The Hall–Kier alpha value is -0.910. The molecule has 2 aliphatic rings. The van der Waals surface area contributed by atoms with Gasteiger partial charge in [0.25, 0.3) is 0 Å². The maximum Gasteiger partial charge on any atom is 0.245 e. The maximum absolute atomic E-state index is 12.8. The van der Waals surface area contributed by atoms with E-state index < -0.39 is 5.54 Å². The number of ether oxygens (including phenoxy) is 1. The third-order valence-electron chi connectivity index (χ3n) is 5.16. The molecule has 114 valence electrons. The van der Waals surface area contributed by atoms with Crippen LogP contribution >= 0.6 is 15.9 Å². The molecule has 1 aliphatic heterocycles. The molecule has 3 N–H and O–H groups in total. The van der Waals surface area contributed by atoms with Gasteiger partial charge in [-0.15, -0.1) is 0 Å². The topological polar surface area (TPSA) is 64.3 Å². The van der Waals surface area contributed by atoms with Crippen LogP contribution in [0.1, 0.15) is 26.7 Å². The molecule has 1 heterocycles. The predicted molar refractivity (Wildman–Crippen MR) is 85.9 cm³/mol. The van der Waals surface area contributed by atoms with Gasteiger partial charge in [0.15, 0.2) is 0 Å². The van der Waals surface area contributed by atoms with Crippen LogP contribution in [0.5, 0.6) is 0 Å². The number of halogens is 1. The quantitative estimate of drug-likeness (QED) is 0.859. The molecule has 5 heteroatoms. The second kappa shape index (κ2) is 5.07. The van der Waals surface area contributed by atoms with Crippen molar-refractivity contribution in [1.29, 1.82) is 0 Å². The zero-order chi connectivity index (χ0) is 15.3. The highest BCUT2D eigenvalue weighted by Gasteiger charge is 2.70. The van der Waals surface area contributed by atoms with Crippen molar-refractivity contribution in [3.8, 4) is 0 Å². The zero-order valence-electron chi connectivity index (χ0n) is 12.4. The molecule has 1 saturated carbocycles. The largest absolute Gasteiger partial charge is 0.377 e. The van der Waals surface area contributed by atoms with Gasteiger partial charge in [0.05, 0.1) is 6.10 Å². The Morgan fingerprint density at radius 2 is 2.05 bits per heavy atom. The van der Waals surface area contributed by atoms with Gasteiger partial charge in [-0.1, -0.05) is 29.8 Å². The summed E-state index contributed by atoms with van der Waals surface area (Å²) >= 11 is 3.39. The van der Waals surface area contributed by atoms with Crippen LogP contribution in [0.3, 0.4) is 0 Å². The van der Waals surface area contributed by atoms with Crippen LogP contribution in [-0.2, 0) is 9.53 Å². The molecule has 4 nitrogen and oxygen atoms in total. The van der Waals surface area contributed by atoms with Crippen LogP contribution in [0, 0.1) is 11.3 Å². The van der Waals surface area contributed by atoms with Crippen LogP contribution in [0.15, 0.2) is 28.7 Å². The summed E-state index contributed by atoms with van der Waals surface area (Å²) in [5.41, 5.74) is 6.10. The number of fused-ring (bicyclic) bond motifs is 1. The number of carbonyl (C=O) groups excluding carboxylic acids is 1. The van der Waals surface area contributed by atoms with Crippen LogP contribution in [0.2, 0.25) is 0 Å². The zero-order valence-corrected chi connectivity index (χ0v) is 13.9. The molecule has 1 amide bonds. The summed E-state index contributed by atoms with van der Waals surface area (Å²) < 4.78 is 6.82. The predicted octanol–water partition coefficient (Wildman–Crippen LogP) is 2.92. The second-order valence-corrected chi connectivity index (χ2v) is 7.51. The number of benzene rings is 1. The minimum absolute atomic E-state index is 0.0897. The van der Waals surface area contributed by atoms with Gasteiger partial charge in [-0.05, 0) is 37.1 Å². The monoisotopic (exact) mass is 352 g/mol. The average molecular weight is 353 g/mol. The summed E-state index contributed by atoms with van der Waals surface area (Å²) in [4.78, 5) is 12.8. The van der Waals surface area contributed by atoms with E-state index in [0.717, 1.165) is 29.6 Å². The Labute approximate surface area is 133 Å². The Morgan fingerprint density at radius 3 is 2.71 bits per heavy atom. The van der Waals surface area contributed by atoms with E-state index in [1.807, 2.05) is 38.1 Å². The highest BCUT2D eigenvalue weighted by atomic mass is 79.9. The minimum Gasteiger partial charge on any atom is -0.377 e. The van der Waals surface area contributed by atoms with E-state index in [1.165, 1.54) is 0 Å². The molecular weight excluding hydrogens is 332 g/mol. The molecule has 1 aliphatic carbocycles. The molecule has 3 rings (SSSR count). The molecule has 3 unspecified atom stereocenters. The number of nitrogens with one attached hydrogen (secondary N) is 1. The van der Waals surface area contributed by atoms with Crippen molar-refractivity contribution in [2.45, 2.75) is 38.3 Å². The van der Waals surface area contributed by atoms with Crippen LogP contribution in [-0.4, -0.2) is 24.2 Å². The first-order valence-corrected chi connectivity index (χ1v) is 8.14. The van der Waals surface area contributed by atoms with E-state index in [9.17, 15) is 4.79 Å². The normalized spacial score (nSPS) is 33.7. The van der Waals surface area contributed by atoms with Gasteiger partial charge in [-0.3, -0.25) is 4.79 Å². The first-order chi connectivity index (χ1) is 9.87. The van der Waals surface area contributed by atoms with Crippen molar-refractivity contribution < 1.29 is 9.53 Å². The van der Waals surface area contributed by atoms with E-state index in [4.69, 9.17) is 10.5 Å². The van der Waals surface area contributed by atoms with Crippen molar-refractivity contribution >= 4 is 27.5 Å². The van der Waals surface area contributed by atoms with Crippen molar-refractivity contribution in [2.24, 2.45) is 17.1 Å². The summed E-state index contributed by atoms with van der Waals surface area (Å²) in [6.07, 6.45) is 2.02. The number of nitrogens with two attached hydrogens (primary N) is 1. The van der Waals surface area contributed by atoms with Gasteiger partial charge in [0.2, 0.25) is 5.91 Å². The van der Waals surface area contributed by atoms with Gasteiger partial charge in [0, 0.05) is 28.1 Å². The van der Waals surface area contributed by atoms with Crippen LogP contribution in [0.4, 0.5) is 5.69 Å². The molecule has 0 bridgehead atoms. The maximum atomic E-state index is 12.8. The molecule has 2 fully saturated rings. The van der Waals surface area contributed by atoms with Crippen LogP contribution < -0.4 is 11.1 Å². The summed E-state index contributed by atoms with van der Waals surface area (Å²) in [5, 5.41) is 2.96. The fourth-order valence-corrected chi connectivity index (χ4v) is 4.07. The summed E-state index contributed by atoms with van der Waals surface area (Å²) in [6.45, 7) is 4.83. The lowest BCUT2D eigenvalue weighted by atomic mass is 9.46. The lowest BCUT2D eigenvalue weighted by Gasteiger charge is -2.65. The van der Waals surface area contributed by atoms with E-state index in [1.54, 1.807) is 0 Å². The highest BCUT2D eigenvalue weighted by molar-refractivity contribution is 9.10. The van der Waals surface area contributed by atoms with Crippen molar-refractivity contribution in [3.63, 3.8) is 0 Å². The average Bonchev–Trinajstić information content (AvgIpc) is 2.48. The molecule has 1 saturated heterocycles. The molecule has 0 spiro atoms. The molecular formula is C16H21BrN2O2. The Morgan fingerprint density at radius 1 is 1.38 bits per heavy atom. The van der Waals surface area contributed by atoms with Crippen molar-refractivity contribution in [3.05, 3.63) is 28.7 Å². The van der Waals surface area contributed by atoms with Gasteiger partial charge < -0.3 is 15.8 Å². The summed E-state index contributed by atoms with van der Waals surface area (Å²) in [7, 11) is 0. The van der Waals surface area contributed by atoms with Gasteiger partial charge in [-0.2, -0.15) is 0 Å². The van der Waals surface area contributed by atoms with Gasteiger partial charge in [-0.25, -0.2) is 0 Å². The Kier molecular flexibility index (Phi) is 3.62. The smallest absolute Gasteiger partial charge is 0.245 e. The van der Waals surface area contributed by atoms with Crippen LogP contribution in [0.25, 0.3) is 0 Å². The third-order valence-corrected chi connectivity index (χ3v) is 5.69. The molecule has 0 radical (unpaired) electrons. The summed E-state index contributed by atoms with van der Waals surface area (Å²) in [6, 6.07) is 7.53. The van der Waals surface area contributed by atoms with E-state index in [2.05, 4.69) is 21.2 Å². The van der Waals surface area contributed by atoms with Gasteiger partial charge in [0.1, 0.15) is 5.54 Å². The minimum atomic E-state index is -0.870. The first kappa shape index (κ1) is 15.0. The fourth-order valence-electron chi connectivity index (χ4n) is 3.80. The molecule has 3 atom stereocenters. The van der Waals surface area contributed by atoms with Crippen molar-refractivity contribution in [2.75, 3.05) is 11.9 Å². The molecule has 0 aromatic heterocycles. The number of anilines is 1.